The average molecular weight is 299 g/mol. The molecule has 2 heterocycles. The van der Waals surface area contributed by atoms with Gasteiger partial charge in [0, 0.05) is 19.1 Å². The first-order valence-electron chi connectivity index (χ1n) is 7.66. The van der Waals surface area contributed by atoms with Crippen LogP contribution >= 0.6 is 0 Å². The van der Waals surface area contributed by atoms with Gasteiger partial charge in [-0.25, -0.2) is 0 Å². The number of carbonyl (C=O) groups excluding carboxylic acids is 1. The molecule has 1 N–H and O–H groups in total. The molecular formula is C16H21N5O. The van der Waals surface area contributed by atoms with Gasteiger partial charge in [-0.2, -0.15) is 15.0 Å². The maximum Gasteiger partial charge on any atom is 0.256 e. The molecule has 0 bridgehead atoms. The molecule has 3 rings (SSSR count). The van der Waals surface area contributed by atoms with Crippen LogP contribution < -0.4 is 5.32 Å². The maximum absolute atomic E-state index is 13.1. The van der Waals surface area contributed by atoms with Crippen molar-refractivity contribution in [3.8, 4) is 5.69 Å². The van der Waals surface area contributed by atoms with Crippen LogP contribution in [-0.4, -0.2) is 51.5 Å². The van der Waals surface area contributed by atoms with E-state index in [0.717, 1.165) is 37.3 Å². The molecule has 0 aliphatic carbocycles. The molecule has 1 atom stereocenters. The Kier molecular flexibility index (Phi) is 4.20. The van der Waals surface area contributed by atoms with Crippen molar-refractivity contribution >= 4 is 5.91 Å². The minimum absolute atomic E-state index is 0.0483. The molecular weight excluding hydrogens is 278 g/mol. The number of rotatable bonds is 2. The summed E-state index contributed by atoms with van der Waals surface area (Å²) < 4.78 is 0. The number of hydrogen-bond donors (Lipinski definition) is 1. The first-order chi connectivity index (χ1) is 10.7. The Morgan fingerprint density at radius 2 is 2.05 bits per heavy atom. The van der Waals surface area contributed by atoms with Crippen LogP contribution in [0.2, 0.25) is 0 Å². The third-order valence-corrected chi connectivity index (χ3v) is 4.08. The van der Waals surface area contributed by atoms with Gasteiger partial charge in [0.1, 0.15) is 0 Å². The van der Waals surface area contributed by atoms with Crippen LogP contribution in [0.1, 0.15) is 29.3 Å². The molecule has 2 aromatic rings. The summed E-state index contributed by atoms with van der Waals surface area (Å²) in [6.45, 7) is 6.60. The van der Waals surface area contributed by atoms with Crippen LogP contribution in [0.15, 0.2) is 30.6 Å². The van der Waals surface area contributed by atoms with Crippen LogP contribution in [0.4, 0.5) is 0 Å². The Hall–Kier alpha value is -2.21. The topological polar surface area (TPSA) is 63.1 Å². The lowest BCUT2D eigenvalue weighted by Crippen LogP contribution is -2.40. The quantitative estimate of drug-likeness (QED) is 0.910. The molecule has 1 aromatic heterocycles. The number of nitrogens with one attached hydrogen (secondary N) is 1. The van der Waals surface area contributed by atoms with Crippen molar-refractivity contribution in [3.05, 3.63) is 41.7 Å². The van der Waals surface area contributed by atoms with Crippen molar-refractivity contribution in [1.82, 2.24) is 25.2 Å². The van der Waals surface area contributed by atoms with Gasteiger partial charge in [0.05, 0.1) is 23.6 Å². The van der Waals surface area contributed by atoms with E-state index in [2.05, 4.69) is 22.4 Å². The van der Waals surface area contributed by atoms with Crippen molar-refractivity contribution in [2.45, 2.75) is 26.3 Å². The summed E-state index contributed by atoms with van der Waals surface area (Å²) >= 11 is 0. The number of nitrogens with zero attached hydrogens (tertiary/aromatic N) is 4. The van der Waals surface area contributed by atoms with Crippen LogP contribution in [0.25, 0.3) is 5.69 Å². The van der Waals surface area contributed by atoms with E-state index in [9.17, 15) is 4.79 Å². The molecule has 1 fully saturated rings. The summed E-state index contributed by atoms with van der Waals surface area (Å²) in [4.78, 5) is 16.5. The van der Waals surface area contributed by atoms with Gasteiger partial charge >= 0.3 is 0 Å². The zero-order chi connectivity index (χ0) is 15.5. The molecule has 1 aromatic carbocycles. The molecule has 0 spiro atoms. The largest absolute Gasteiger partial charge is 0.335 e. The van der Waals surface area contributed by atoms with Gasteiger partial charge in [-0.3, -0.25) is 4.79 Å². The minimum Gasteiger partial charge on any atom is -0.335 e. The Balaban J connectivity index is 1.99. The summed E-state index contributed by atoms with van der Waals surface area (Å²) in [5.41, 5.74) is 2.44. The average Bonchev–Trinajstić information content (AvgIpc) is 2.95. The van der Waals surface area contributed by atoms with E-state index >= 15 is 0 Å². The molecule has 0 saturated carbocycles. The van der Waals surface area contributed by atoms with Gasteiger partial charge in [0.15, 0.2) is 0 Å². The van der Waals surface area contributed by atoms with Crippen molar-refractivity contribution < 1.29 is 4.79 Å². The van der Waals surface area contributed by atoms with E-state index in [4.69, 9.17) is 0 Å². The Bertz CT molecular complexity index is 653. The van der Waals surface area contributed by atoms with Crippen LogP contribution in [0.5, 0.6) is 0 Å². The second-order valence-electron chi connectivity index (χ2n) is 5.73. The highest BCUT2D eigenvalue weighted by Crippen LogP contribution is 2.19. The highest BCUT2D eigenvalue weighted by atomic mass is 16.2. The summed E-state index contributed by atoms with van der Waals surface area (Å²) in [7, 11) is 0. The summed E-state index contributed by atoms with van der Waals surface area (Å²) in [6.07, 6.45) is 4.20. The van der Waals surface area contributed by atoms with Gasteiger partial charge in [-0.1, -0.05) is 11.6 Å². The maximum atomic E-state index is 13.1. The highest BCUT2D eigenvalue weighted by molar-refractivity contribution is 5.98. The zero-order valence-electron chi connectivity index (χ0n) is 13.0. The lowest BCUT2D eigenvalue weighted by atomic mass is 10.1. The van der Waals surface area contributed by atoms with Gasteiger partial charge in [0.25, 0.3) is 5.91 Å². The normalized spacial score (nSPS) is 19.0. The molecule has 116 valence electrons. The molecule has 1 aliphatic heterocycles. The molecule has 0 unspecified atom stereocenters. The fraction of sp³-hybridized carbons (Fsp3) is 0.438. The molecule has 1 saturated heterocycles. The van der Waals surface area contributed by atoms with Crippen LogP contribution in [0, 0.1) is 6.92 Å². The third-order valence-electron chi connectivity index (χ3n) is 4.08. The molecule has 6 heteroatoms. The Morgan fingerprint density at radius 3 is 2.82 bits per heavy atom. The summed E-state index contributed by atoms with van der Waals surface area (Å²) in [5, 5.41) is 11.7. The minimum atomic E-state index is 0.0483. The predicted molar refractivity (Wildman–Crippen MR) is 84.1 cm³/mol. The monoisotopic (exact) mass is 299 g/mol. The van der Waals surface area contributed by atoms with Crippen LogP contribution in [-0.2, 0) is 0 Å². The second-order valence-corrected chi connectivity index (χ2v) is 5.73. The predicted octanol–water partition coefficient (Wildman–Crippen LogP) is 1.40. The van der Waals surface area contributed by atoms with Crippen molar-refractivity contribution in [2.24, 2.45) is 0 Å². The van der Waals surface area contributed by atoms with Crippen molar-refractivity contribution in [2.75, 3.05) is 19.6 Å². The molecule has 0 radical (unpaired) electrons. The van der Waals surface area contributed by atoms with E-state index in [0.29, 0.717) is 5.56 Å². The van der Waals surface area contributed by atoms with Crippen LogP contribution in [0.3, 0.4) is 0 Å². The lowest BCUT2D eigenvalue weighted by molar-refractivity contribution is 0.0704. The van der Waals surface area contributed by atoms with E-state index in [1.165, 1.54) is 4.80 Å². The standard InChI is InChI=1S/C16H21N5O/c1-12-3-4-15(21-18-7-8-19-21)14(11-12)16(22)20-10-9-17-6-5-13(20)2/h3-4,7-8,11,13,17H,5-6,9-10H2,1-2H3/t13-/m0/s1. The number of aryl methyl sites for hydroxylation is 1. The van der Waals surface area contributed by atoms with Gasteiger partial charge < -0.3 is 10.2 Å². The Morgan fingerprint density at radius 1 is 1.27 bits per heavy atom. The number of carbonyl (C=O) groups is 1. The number of benzene rings is 1. The summed E-state index contributed by atoms with van der Waals surface area (Å²) in [6, 6.07) is 6.03. The van der Waals surface area contributed by atoms with E-state index in [1.54, 1.807) is 12.4 Å². The van der Waals surface area contributed by atoms with E-state index in [-0.39, 0.29) is 11.9 Å². The molecule has 6 nitrogen and oxygen atoms in total. The highest BCUT2D eigenvalue weighted by Gasteiger charge is 2.25. The number of amides is 1. The van der Waals surface area contributed by atoms with Gasteiger partial charge in [0.2, 0.25) is 0 Å². The fourth-order valence-corrected chi connectivity index (χ4v) is 2.80. The molecule has 1 amide bonds. The SMILES string of the molecule is Cc1ccc(-n2nccn2)c(C(=O)N2CCNCC[C@@H]2C)c1. The molecule has 22 heavy (non-hydrogen) atoms. The number of hydrogen-bond acceptors (Lipinski definition) is 4. The lowest BCUT2D eigenvalue weighted by Gasteiger charge is -2.27. The fourth-order valence-electron chi connectivity index (χ4n) is 2.80. The second kappa shape index (κ2) is 6.27. The zero-order valence-corrected chi connectivity index (χ0v) is 13.0. The van der Waals surface area contributed by atoms with E-state index in [1.807, 2.05) is 30.0 Å². The van der Waals surface area contributed by atoms with Crippen molar-refractivity contribution in [1.29, 1.82) is 0 Å². The van der Waals surface area contributed by atoms with Crippen molar-refractivity contribution in [3.63, 3.8) is 0 Å². The van der Waals surface area contributed by atoms with Gasteiger partial charge in [-0.05, 0) is 38.9 Å². The molecule has 1 aliphatic rings. The summed E-state index contributed by atoms with van der Waals surface area (Å²) in [5.74, 6) is 0.0483. The first-order valence-corrected chi connectivity index (χ1v) is 7.66. The number of aromatic nitrogens is 3. The van der Waals surface area contributed by atoms with E-state index < -0.39 is 0 Å². The smallest absolute Gasteiger partial charge is 0.256 e. The first kappa shape index (κ1) is 14.7. The Labute approximate surface area is 130 Å². The third kappa shape index (κ3) is 2.87. The van der Waals surface area contributed by atoms with Gasteiger partial charge in [-0.15, -0.1) is 0 Å².